The zero-order chi connectivity index (χ0) is 14.0. The van der Waals surface area contributed by atoms with Crippen molar-refractivity contribution in [2.24, 2.45) is 5.41 Å². The van der Waals surface area contributed by atoms with Crippen LogP contribution in [-0.4, -0.2) is 15.9 Å². The molecular weight excluding hydrogens is 244 g/mol. The maximum absolute atomic E-state index is 10.8. The van der Waals surface area contributed by atoms with Crippen molar-refractivity contribution in [1.82, 2.24) is 4.98 Å². The van der Waals surface area contributed by atoms with Gasteiger partial charge in [-0.3, -0.25) is 10.1 Å². The van der Waals surface area contributed by atoms with Gasteiger partial charge in [-0.2, -0.15) is 0 Å². The molecule has 0 bridgehead atoms. The summed E-state index contributed by atoms with van der Waals surface area (Å²) in [5, 5.41) is 14.1. The predicted octanol–water partition coefficient (Wildman–Crippen LogP) is 2.95. The number of anilines is 2. The fourth-order valence-electron chi connectivity index (χ4n) is 2.66. The second-order valence-corrected chi connectivity index (χ2v) is 5.82. The summed E-state index contributed by atoms with van der Waals surface area (Å²) >= 11 is 0. The molecule has 104 valence electrons. The molecule has 0 spiro atoms. The zero-order valence-corrected chi connectivity index (χ0v) is 11.3. The first kappa shape index (κ1) is 13.6. The molecule has 1 heterocycles. The van der Waals surface area contributed by atoms with Gasteiger partial charge in [-0.25, -0.2) is 4.98 Å². The monoisotopic (exact) mass is 264 g/mol. The number of hydrogen-bond donors (Lipinski definition) is 2. The highest BCUT2D eigenvalue weighted by Gasteiger charge is 2.32. The van der Waals surface area contributed by atoms with Crippen LogP contribution in [0.4, 0.5) is 17.3 Å². The molecule has 1 aliphatic rings. The molecule has 1 aromatic heterocycles. The van der Waals surface area contributed by atoms with Crippen LogP contribution in [0.3, 0.4) is 0 Å². The molecule has 0 saturated heterocycles. The van der Waals surface area contributed by atoms with Gasteiger partial charge in [0.05, 0.1) is 17.1 Å². The largest absolute Gasteiger partial charge is 0.383 e. The minimum atomic E-state index is -0.449. The zero-order valence-electron chi connectivity index (χ0n) is 11.3. The lowest BCUT2D eigenvalue weighted by atomic mass is 9.73. The van der Waals surface area contributed by atoms with E-state index >= 15 is 0 Å². The van der Waals surface area contributed by atoms with Crippen molar-refractivity contribution in [2.75, 3.05) is 11.1 Å². The Balaban J connectivity index is 2.20. The van der Waals surface area contributed by atoms with Crippen molar-refractivity contribution < 1.29 is 4.92 Å². The molecule has 19 heavy (non-hydrogen) atoms. The highest BCUT2D eigenvalue weighted by Crippen LogP contribution is 2.37. The lowest BCUT2D eigenvalue weighted by Gasteiger charge is -2.39. The number of aromatic nitrogens is 1. The van der Waals surface area contributed by atoms with Gasteiger partial charge in [0.1, 0.15) is 11.6 Å². The number of nitrogens with zero attached hydrogens (tertiary/aromatic N) is 2. The average molecular weight is 264 g/mol. The van der Waals surface area contributed by atoms with Crippen LogP contribution < -0.4 is 11.1 Å². The van der Waals surface area contributed by atoms with Crippen LogP contribution in [0.25, 0.3) is 0 Å². The molecule has 1 aromatic rings. The molecule has 1 unspecified atom stereocenters. The molecule has 0 aromatic carbocycles. The van der Waals surface area contributed by atoms with Crippen LogP contribution in [0, 0.1) is 15.5 Å². The van der Waals surface area contributed by atoms with E-state index in [2.05, 4.69) is 24.1 Å². The first-order valence-electron chi connectivity index (χ1n) is 6.57. The lowest BCUT2D eigenvalue weighted by Crippen LogP contribution is -2.39. The van der Waals surface area contributed by atoms with E-state index in [1.54, 1.807) is 0 Å². The van der Waals surface area contributed by atoms with Gasteiger partial charge < -0.3 is 11.1 Å². The van der Waals surface area contributed by atoms with Gasteiger partial charge in [0.15, 0.2) is 0 Å². The van der Waals surface area contributed by atoms with Crippen LogP contribution in [-0.2, 0) is 0 Å². The molecule has 2 rings (SSSR count). The maximum atomic E-state index is 10.8. The van der Waals surface area contributed by atoms with E-state index in [0.29, 0.717) is 5.82 Å². The predicted molar refractivity (Wildman–Crippen MR) is 75.0 cm³/mol. The topological polar surface area (TPSA) is 94.1 Å². The second kappa shape index (κ2) is 5.03. The van der Waals surface area contributed by atoms with Gasteiger partial charge in [0.25, 0.3) is 5.69 Å². The highest BCUT2D eigenvalue weighted by atomic mass is 16.6. The Morgan fingerprint density at radius 3 is 2.84 bits per heavy atom. The fourth-order valence-corrected chi connectivity index (χ4v) is 2.66. The Labute approximate surface area is 112 Å². The van der Waals surface area contributed by atoms with E-state index in [9.17, 15) is 10.1 Å². The normalized spacial score (nSPS) is 21.9. The van der Waals surface area contributed by atoms with E-state index in [1.165, 1.54) is 25.0 Å². The Kier molecular flexibility index (Phi) is 3.59. The first-order chi connectivity index (χ1) is 8.88. The number of nitrogens with two attached hydrogens (primary N) is 1. The number of nitrogen functional groups attached to an aromatic ring is 1. The van der Waals surface area contributed by atoms with Gasteiger partial charge in [-0.1, -0.05) is 26.7 Å². The van der Waals surface area contributed by atoms with Crippen LogP contribution >= 0.6 is 0 Å². The van der Waals surface area contributed by atoms with Gasteiger partial charge in [-0.15, -0.1) is 0 Å². The summed E-state index contributed by atoms with van der Waals surface area (Å²) in [5.41, 5.74) is 5.76. The van der Waals surface area contributed by atoms with E-state index in [0.717, 1.165) is 12.8 Å². The Hall–Kier alpha value is -1.85. The molecule has 1 fully saturated rings. The van der Waals surface area contributed by atoms with Crippen LogP contribution in [0.5, 0.6) is 0 Å². The van der Waals surface area contributed by atoms with Gasteiger partial charge >= 0.3 is 0 Å². The standard InChI is InChI=1S/C13H20N4O2/c1-13(2)6-4-3-5-10(13)15-12-8-9(17(18)19)7-11(14)16-12/h7-8,10H,3-6H2,1-2H3,(H3,14,15,16). The summed E-state index contributed by atoms with van der Waals surface area (Å²) < 4.78 is 0. The fraction of sp³-hybridized carbons (Fsp3) is 0.615. The minimum absolute atomic E-state index is 0.0244. The molecule has 1 aliphatic carbocycles. The molecule has 1 atom stereocenters. The summed E-state index contributed by atoms with van der Waals surface area (Å²) in [6, 6.07) is 2.99. The third-order valence-corrected chi connectivity index (χ3v) is 3.87. The summed E-state index contributed by atoms with van der Waals surface area (Å²) in [6.45, 7) is 4.43. The number of rotatable bonds is 3. The van der Waals surface area contributed by atoms with Crippen molar-refractivity contribution in [3.05, 3.63) is 22.2 Å². The van der Waals surface area contributed by atoms with Crippen molar-refractivity contribution >= 4 is 17.3 Å². The Morgan fingerprint density at radius 1 is 1.47 bits per heavy atom. The van der Waals surface area contributed by atoms with Crippen LogP contribution in [0.15, 0.2) is 12.1 Å². The molecule has 6 heteroatoms. The molecule has 3 N–H and O–H groups in total. The minimum Gasteiger partial charge on any atom is -0.383 e. The number of nitro groups is 1. The summed E-state index contributed by atoms with van der Waals surface area (Å²) in [7, 11) is 0. The van der Waals surface area contributed by atoms with Crippen molar-refractivity contribution in [1.29, 1.82) is 0 Å². The number of hydrogen-bond acceptors (Lipinski definition) is 5. The summed E-state index contributed by atoms with van der Waals surface area (Å²) in [6.07, 6.45) is 4.60. The Morgan fingerprint density at radius 2 is 2.21 bits per heavy atom. The molecule has 0 amide bonds. The number of pyridine rings is 1. The third-order valence-electron chi connectivity index (χ3n) is 3.87. The smallest absolute Gasteiger partial charge is 0.276 e. The molecule has 1 saturated carbocycles. The average Bonchev–Trinajstić information content (AvgIpc) is 2.31. The quantitative estimate of drug-likeness (QED) is 0.646. The van der Waals surface area contributed by atoms with Gasteiger partial charge in [0.2, 0.25) is 0 Å². The number of nitrogens with one attached hydrogen (secondary N) is 1. The molecule has 0 radical (unpaired) electrons. The van der Waals surface area contributed by atoms with Crippen LogP contribution in [0.1, 0.15) is 39.5 Å². The van der Waals surface area contributed by atoms with E-state index in [4.69, 9.17) is 5.73 Å². The summed E-state index contributed by atoms with van der Waals surface area (Å²) in [4.78, 5) is 14.5. The van der Waals surface area contributed by atoms with Crippen molar-refractivity contribution in [3.63, 3.8) is 0 Å². The van der Waals surface area contributed by atoms with Crippen molar-refractivity contribution in [2.45, 2.75) is 45.6 Å². The van der Waals surface area contributed by atoms with Gasteiger partial charge in [-0.05, 0) is 18.3 Å². The van der Waals surface area contributed by atoms with Gasteiger partial charge in [0, 0.05) is 6.04 Å². The molecular formula is C13H20N4O2. The second-order valence-electron chi connectivity index (χ2n) is 5.82. The molecule has 6 nitrogen and oxygen atoms in total. The molecule has 0 aliphatic heterocycles. The maximum Gasteiger partial charge on any atom is 0.276 e. The van der Waals surface area contributed by atoms with E-state index in [-0.39, 0.29) is 23.0 Å². The third kappa shape index (κ3) is 3.13. The van der Waals surface area contributed by atoms with Crippen molar-refractivity contribution in [3.8, 4) is 0 Å². The Bertz CT molecular complexity index is 488. The SMILES string of the molecule is CC1(C)CCCCC1Nc1cc([N+](=O)[O-])cc(N)n1. The van der Waals surface area contributed by atoms with E-state index in [1.807, 2.05) is 0 Å². The lowest BCUT2D eigenvalue weighted by molar-refractivity contribution is -0.384. The first-order valence-corrected chi connectivity index (χ1v) is 6.57. The summed E-state index contributed by atoms with van der Waals surface area (Å²) in [5.74, 6) is 0.664. The van der Waals surface area contributed by atoms with E-state index < -0.39 is 4.92 Å². The van der Waals surface area contributed by atoms with Crippen LogP contribution in [0.2, 0.25) is 0 Å². The highest BCUT2D eigenvalue weighted by molar-refractivity contribution is 5.53.